The van der Waals surface area contributed by atoms with Crippen molar-refractivity contribution in [2.24, 2.45) is 0 Å². The van der Waals surface area contributed by atoms with Crippen LogP contribution in [-0.2, 0) is 10.2 Å². The zero-order chi connectivity index (χ0) is 26.6. The molecule has 8 heteroatoms. The fourth-order valence-corrected chi connectivity index (χ4v) is 4.81. The Morgan fingerprint density at radius 1 is 1.03 bits per heavy atom. The lowest BCUT2D eigenvalue weighted by molar-refractivity contribution is -0.113. The molecule has 0 radical (unpaired) electrons. The Kier molecular flexibility index (Phi) is 8.39. The van der Waals surface area contributed by atoms with Gasteiger partial charge < -0.3 is 10.1 Å². The minimum Gasteiger partial charge on any atom is -0.494 e. The van der Waals surface area contributed by atoms with Crippen LogP contribution in [0.25, 0.3) is 17.1 Å². The van der Waals surface area contributed by atoms with Crippen molar-refractivity contribution in [3.63, 3.8) is 0 Å². The molecule has 1 amide bonds. The predicted molar refractivity (Wildman–Crippen MR) is 155 cm³/mol. The van der Waals surface area contributed by atoms with Crippen molar-refractivity contribution in [1.82, 2.24) is 14.8 Å². The van der Waals surface area contributed by atoms with E-state index in [2.05, 4.69) is 76.5 Å². The zero-order valence-corrected chi connectivity index (χ0v) is 24.1. The topological polar surface area (TPSA) is 69.0 Å². The van der Waals surface area contributed by atoms with Gasteiger partial charge in [0.2, 0.25) is 5.91 Å². The number of ether oxygens (including phenoxy) is 1. The number of halogens is 1. The number of benzene rings is 3. The zero-order valence-electron chi connectivity index (χ0n) is 21.7. The maximum absolute atomic E-state index is 12.7. The average Bonchev–Trinajstić information content (AvgIpc) is 3.29. The summed E-state index contributed by atoms with van der Waals surface area (Å²) in [4.78, 5) is 12.7. The Bertz CT molecular complexity index is 1380. The van der Waals surface area contributed by atoms with Crippen LogP contribution in [0.3, 0.4) is 0 Å². The summed E-state index contributed by atoms with van der Waals surface area (Å²) in [6.07, 6.45) is 0. The number of hydrogen-bond acceptors (Lipinski definition) is 5. The van der Waals surface area contributed by atoms with Gasteiger partial charge in [-0.2, -0.15) is 0 Å². The van der Waals surface area contributed by atoms with Crippen LogP contribution in [0, 0.1) is 6.92 Å². The number of anilines is 1. The Morgan fingerprint density at radius 3 is 2.35 bits per heavy atom. The van der Waals surface area contributed by atoms with Crippen molar-refractivity contribution < 1.29 is 9.53 Å². The molecular weight excluding hydrogens is 548 g/mol. The summed E-state index contributed by atoms with van der Waals surface area (Å²) in [6.45, 7) is 11.1. The van der Waals surface area contributed by atoms with Crippen LogP contribution in [0.15, 0.2) is 76.4 Å². The Balaban J connectivity index is 1.61. The molecule has 6 nitrogen and oxygen atoms in total. The van der Waals surface area contributed by atoms with Gasteiger partial charge in [-0.1, -0.05) is 72.7 Å². The molecule has 0 aliphatic carbocycles. The van der Waals surface area contributed by atoms with Crippen molar-refractivity contribution in [3.05, 3.63) is 82.3 Å². The van der Waals surface area contributed by atoms with Crippen LogP contribution >= 0.6 is 27.7 Å². The van der Waals surface area contributed by atoms with E-state index in [1.54, 1.807) is 0 Å². The number of carbonyl (C=O) groups excluding carboxylic acids is 1. The Morgan fingerprint density at radius 2 is 1.73 bits per heavy atom. The predicted octanol–water partition coefficient (Wildman–Crippen LogP) is 7.43. The van der Waals surface area contributed by atoms with Crippen LogP contribution in [0.5, 0.6) is 5.75 Å². The summed E-state index contributed by atoms with van der Waals surface area (Å²) >= 11 is 4.84. The summed E-state index contributed by atoms with van der Waals surface area (Å²) in [5.74, 6) is 1.61. The van der Waals surface area contributed by atoms with Crippen molar-refractivity contribution in [2.75, 3.05) is 17.7 Å². The van der Waals surface area contributed by atoms with E-state index in [0.29, 0.717) is 11.8 Å². The van der Waals surface area contributed by atoms with Crippen LogP contribution in [0.1, 0.15) is 38.8 Å². The van der Waals surface area contributed by atoms with E-state index < -0.39 is 0 Å². The summed E-state index contributed by atoms with van der Waals surface area (Å²) in [5.41, 5.74) is 4.98. The number of thioether (sulfide) groups is 1. The molecule has 4 rings (SSSR count). The summed E-state index contributed by atoms with van der Waals surface area (Å²) in [5, 5.41) is 12.6. The van der Waals surface area contributed by atoms with E-state index in [1.807, 2.05) is 60.9 Å². The first-order valence-corrected chi connectivity index (χ1v) is 13.9. The highest BCUT2D eigenvalue weighted by molar-refractivity contribution is 9.10. The van der Waals surface area contributed by atoms with E-state index >= 15 is 0 Å². The van der Waals surface area contributed by atoms with Crippen LogP contribution in [0.4, 0.5) is 5.69 Å². The molecule has 1 aromatic heterocycles. The number of aromatic nitrogens is 3. The highest BCUT2D eigenvalue weighted by atomic mass is 79.9. The lowest BCUT2D eigenvalue weighted by Crippen LogP contribution is -2.14. The molecule has 0 aliphatic heterocycles. The lowest BCUT2D eigenvalue weighted by atomic mass is 9.87. The van der Waals surface area contributed by atoms with Gasteiger partial charge in [0.25, 0.3) is 0 Å². The fraction of sp³-hybridized carbons (Fsp3) is 0.276. The normalized spacial score (nSPS) is 11.4. The van der Waals surface area contributed by atoms with Gasteiger partial charge in [-0.15, -0.1) is 10.2 Å². The molecule has 0 atom stereocenters. The van der Waals surface area contributed by atoms with Gasteiger partial charge in [-0.25, -0.2) is 0 Å². The van der Waals surface area contributed by atoms with Gasteiger partial charge in [0.1, 0.15) is 5.75 Å². The third-order valence-corrected chi connectivity index (χ3v) is 7.64. The minimum absolute atomic E-state index is 0.0586. The van der Waals surface area contributed by atoms with Crippen molar-refractivity contribution in [2.45, 2.75) is 45.2 Å². The first-order valence-electron chi connectivity index (χ1n) is 12.1. The molecule has 0 saturated heterocycles. The van der Waals surface area contributed by atoms with E-state index in [1.165, 1.54) is 17.3 Å². The second-order valence-corrected chi connectivity index (χ2v) is 11.5. The summed E-state index contributed by atoms with van der Waals surface area (Å²) < 4.78 is 8.61. The molecule has 37 heavy (non-hydrogen) atoms. The standard InChI is InChI=1S/C29H31BrN4O2S/c1-6-36-24-14-12-23(13-15-24)34-27(20-7-9-21(10-8-20)29(3,4)5)32-33-28(34)37-18-26(35)31-22-11-16-25(30)19(2)17-22/h7-17H,6,18H2,1-5H3,(H,31,35). The third-order valence-electron chi connectivity index (χ3n) is 5.82. The number of carbonyl (C=O) groups is 1. The first kappa shape index (κ1) is 26.9. The van der Waals surface area contributed by atoms with Crippen molar-refractivity contribution in [1.29, 1.82) is 0 Å². The quantitative estimate of drug-likeness (QED) is 0.220. The molecule has 4 aromatic rings. The summed E-state index contributed by atoms with van der Waals surface area (Å²) in [6, 6.07) is 22.0. The molecule has 192 valence electrons. The molecule has 0 aliphatic rings. The highest BCUT2D eigenvalue weighted by Crippen LogP contribution is 2.31. The van der Waals surface area contributed by atoms with Gasteiger partial charge in [0, 0.05) is 21.4 Å². The van der Waals surface area contributed by atoms with Crippen molar-refractivity contribution in [3.8, 4) is 22.8 Å². The number of nitrogens with zero attached hydrogens (tertiary/aromatic N) is 3. The molecule has 0 saturated carbocycles. The smallest absolute Gasteiger partial charge is 0.234 e. The molecule has 3 aromatic carbocycles. The van der Waals surface area contributed by atoms with Crippen LogP contribution in [-0.4, -0.2) is 33.0 Å². The van der Waals surface area contributed by atoms with Gasteiger partial charge in [-0.3, -0.25) is 9.36 Å². The molecule has 0 unspecified atom stereocenters. The maximum Gasteiger partial charge on any atom is 0.234 e. The number of hydrogen-bond donors (Lipinski definition) is 1. The molecule has 0 spiro atoms. The van der Waals surface area contributed by atoms with Gasteiger partial charge in [0.05, 0.1) is 12.4 Å². The van der Waals surface area contributed by atoms with Gasteiger partial charge in [-0.05, 0) is 72.9 Å². The molecular formula is C29H31BrN4O2S. The van der Waals surface area contributed by atoms with E-state index in [0.717, 1.165) is 38.5 Å². The minimum atomic E-state index is -0.107. The SMILES string of the molecule is CCOc1ccc(-n2c(SCC(=O)Nc3ccc(Br)c(C)c3)nnc2-c2ccc(C(C)(C)C)cc2)cc1. The maximum atomic E-state index is 12.7. The molecule has 1 N–H and O–H groups in total. The number of nitrogens with one attached hydrogen (secondary N) is 1. The van der Waals surface area contributed by atoms with E-state index in [9.17, 15) is 4.79 Å². The second kappa shape index (κ2) is 11.5. The monoisotopic (exact) mass is 578 g/mol. The third kappa shape index (κ3) is 6.62. The number of aryl methyl sites for hydroxylation is 1. The summed E-state index contributed by atoms with van der Waals surface area (Å²) in [7, 11) is 0. The van der Waals surface area contributed by atoms with E-state index in [4.69, 9.17) is 4.74 Å². The number of amides is 1. The number of rotatable bonds is 8. The first-order chi connectivity index (χ1) is 17.7. The Hall–Kier alpha value is -3.10. The van der Waals surface area contributed by atoms with Gasteiger partial charge >= 0.3 is 0 Å². The molecule has 1 heterocycles. The average molecular weight is 580 g/mol. The van der Waals surface area contributed by atoms with E-state index in [-0.39, 0.29) is 17.1 Å². The largest absolute Gasteiger partial charge is 0.494 e. The Labute approximate surface area is 231 Å². The van der Waals surface area contributed by atoms with Crippen LogP contribution in [0.2, 0.25) is 0 Å². The van der Waals surface area contributed by atoms with Gasteiger partial charge in [0.15, 0.2) is 11.0 Å². The molecule has 0 fully saturated rings. The van der Waals surface area contributed by atoms with Crippen LogP contribution < -0.4 is 10.1 Å². The highest BCUT2D eigenvalue weighted by Gasteiger charge is 2.19. The molecule has 0 bridgehead atoms. The lowest BCUT2D eigenvalue weighted by Gasteiger charge is -2.19. The van der Waals surface area contributed by atoms with Crippen molar-refractivity contribution >= 4 is 39.3 Å². The fourth-order valence-electron chi connectivity index (χ4n) is 3.81. The second-order valence-electron chi connectivity index (χ2n) is 9.70.